The second-order valence-electron chi connectivity index (χ2n) is 10.8. The number of nitrogens with one attached hydrogen (secondary N) is 4. The summed E-state index contributed by atoms with van der Waals surface area (Å²) in [5.41, 5.74) is 12.8. The van der Waals surface area contributed by atoms with Crippen LogP contribution in [0.1, 0.15) is 42.3 Å². The van der Waals surface area contributed by atoms with Gasteiger partial charge in [-0.15, -0.1) is 11.3 Å². The molecule has 4 rings (SSSR count). The Balaban J connectivity index is 1.58. The molecule has 1 aliphatic carbocycles. The zero-order valence-corrected chi connectivity index (χ0v) is 25.6. The molecular formula is C28H35B3N8O4S. The van der Waals surface area contributed by atoms with Crippen molar-refractivity contribution in [3.63, 3.8) is 0 Å². The van der Waals surface area contributed by atoms with Gasteiger partial charge in [0.1, 0.15) is 21.4 Å². The van der Waals surface area contributed by atoms with Crippen LogP contribution in [-0.4, -0.2) is 89.2 Å². The Kier molecular flexibility index (Phi) is 10.7. The van der Waals surface area contributed by atoms with E-state index in [0.717, 1.165) is 38.8 Å². The van der Waals surface area contributed by atoms with E-state index < -0.39 is 11.1 Å². The molecule has 1 aliphatic heterocycles. The number of carbonyl (C=O) groups is 3. The van der Waals surface area contributed by atoms with Crippen LogP contribution in [0.4, 0.5) is 5.69 Å². The fraction of sp³-hybridized carbons (Fsp3) is 0.429. The van der Waals surface area contributed by atoms with Gasteiger partial charge in [-0.25, -0.2) is 4.98 Å². The number of likely N-dealkylation sites (tertiary alicyclic amines) is 1. The Morgan fingerprint density at radius 2 is 1.95 bits per heavy atom. The molecule has 1 saturated carbocycles. The van der Waals surface area contributed by atoms with Crippen molar-refractivity contribution >= 4 is 58.3 Å². The van der Waals surface area contributed by atoms with Crippen LogP contribution in [0, 0.1) is 5.92 Å². The molecule has 16 heteroatoms. The molecule has 1 atom stereocenters. The number of ether oxygens (including phenoxy) is 1. The molecule has 2 aromatic rings. The SMILES string of the molecule is [B]C([B])([B])NC(=O)/C(N)=C(/C=C(\N)NC(=O)C1CC1)Nc1cccc(-c2ncc(C(=O)NC[C@H]3CCCN3CC)s2)c1OC. The number of likely N-dealkylation sites (N-methyl/N-ethyl adjacent to an activating group) is 1. The van der Waals surface area contributed by atoms with Gasteiger partial charge in [0.2, 0.25) is 5.91 Å². The summed E-state index contributed by atoms with van der Waals surface area (Å²) in [6.45, 7) is 4.69. The summed E-state index contributed by atoms with van der Waals surface area (Å²) in [5.74, 6) is -1.12. The minimum absolute atomic E-state index is 0.00281. The Hall–Kier alpha value is -3.91. The van der Waals surface area contributed by atoms with E-state index in [-0.39, 0.29) is 34.9 Å². The molecule has 0 bridgehead atoms. The number of aromatic nitrogens is 1. The summed E-state index contributed by atoms with van der Waals surface area (Å²) >= 11 is 1.22. The third-order valence-corrected chi connectivity index (χ3v) is 8.26. The van der Waals surface area contributed by atoms with Crippen molar-refractivity contribution in [3.05, 3.63) is 52.6 Å². The van der Waals surface area contributed by atoms with E-state index >= 15 is 0 Å². The summed E-state index contributed by atoms with van der Waals surface area (Å²) in [4.78, 5) is 45.3. The first-order valence-corrected chi connectivity index (χ1v) is 15.1. The fourth-order valence-corrected chi connectivity index (χ4v) is 5.72. The van der Waals surface area contributed by atoms with Crippen LogP contribution in [0.2, 0.25) is 0 Å². The smallest absolute Gasteiger partial charge is 0.267 e. The Labute approximate surface area is 265 Å². The summed E-state index contributed by atoms with van der Waals surface area (Å²) in [5, 5.41) is 9.34. The maximum absolute atomic E-state index is 12.9. The molecule has 44 heavy (non-hydrogen) atoms. The highest BCUT2D eigenvalue weighted by Crippen LogP contribution is 2.39. The Morgan fingerprint density at radius 1 is 1.20 bits per heavy atom. The van der Waals surface area contributed by atoms with Crippen molar-refractivity contribution in [2.45, 2.75) is 43.9 Å². The first-order chi connectivity index (χ1) is 20.9. The average Bonchev–Trinajstić information content (AvgIpc) is 3.53. The second-order valence-corrected chi connectivity index (χ2v) is 11.8. The molecule has 1 aromatic heterocycles. The quantitative estimate of drug-likeness (QED) is 0.105. The van der Waals surface area contributed by atoms with Gasteiger partial charge in [-0.1, -0.05) is 18.2 Å². The van der Waals surface area contributed by atoms with E-state index in [1.807, 2.05) is 0 Å². The average molecular weight is 612 g/mol. The number of amides is 3. The first-order valence-electron chi connectivity index (χ1n) is 14.3. The minimum atomic E-state index is -2.04. The van der Waals surface area contributed by atoms with Crippen molar-refractivity contribution in [1.82, 2.24) is 25.8 Å². The van der Waals surface area contributed by atoms with Gasteiger partial charge in [-0.3, -0.25) is 19.3 Å². The number of thiazole rings is 1. The van der Waals surface area contributed by atoms with E-state index in [2.05, 4.69) is 38.1 Å². The minimum Gasteiger partial charge on any atom is -0.494 e. The number of rotatable bonds is 13. The summed E-state index contributed by atoms with van der Waals surface area (Å²) in [6, 6.07) is 5.54. The number of methoxy groups -OCH3 is 1. The molecule has 8 N–H and O–H groups in total. The number of hydrogen-bond acceptors (Lipinski definition) is 10. The highest BCUT2D eigenvalue weighted by Gasteiger charge is 2.30. The molecule has 12 nitrogen and oxygen atoms in total. The van der Waals surface area contributed by atoms with Gasteiger partial charge in [0, 0.05) is 24.6 Å². The van der Waals surface area contributed by atoms with Crippen molar-refractivity contribution in [1.29, 1.82) is 0 Å². The largest absolute Gasteiger partial charge is 0.494 e. The van der Waals surface area contributed by atoms with Gasteiger partial charge in [0.05, 0.1) is 53.8 Å². The fourth-order valence-electron chi connectivity index (χ4n) is 4.86. The van der Waals surface area contributed by atoms with Gasteiger partial charge in [0.25, 0.3) is 11.8 Å². The number of nitrogens with two attached hydrogens (primary N) is 2. The molecule has 1 saturated heterocycles. The summed E-state index contributed by atoms with van der Waals surface area (Å²) in [7, 11) is 18.0. The van der Waals surface area contributed by atoms with Gasteiger partial charge < -0.3 is 37.5 Å². The van der Waals surface area contributed by atoms with E-state index in [9.17, 15) is 14.4 Å². The lowest BCUT2D eigenvalue weighted by Crippen LogP contribution is -2.51. The van der Waals surface area contributed by atoms with E-state index in [1.165, 1.54) is 30.7 Å². The molecule has 2 heterocycles. The normalized spacial score (nSPS) is 17.9. The second kappa shape index (κ2) is 14.3. The number of nitrogens with zero attached hydrogens (tertiary/aromatic N) is 2. The lowest BCUT2D eigenvalue weighted by atomic mass is 9.49. The van der Waals surface area contributed by atoms with Gasteiger partial charge in [-0.05, 0) is 50.9 Å². The van der Waals surface area contributed by atoms with Gasteiger partial charge >= 0.3 is 0 Å². The zero-order valence-electron chi connectivity index (χ0n) is 24.8. The predicted octanol–water partition coefficient (Wildman–Crippen LogP) is 0.174. The molecular weight excluding hydrogens is 577 g/mol. The lowest BCUT2D eigenvalue weighted by Gasteiger charge is -2.23. The monoisotopic (exact) mass is 612 g/mol. The third kappa shape index (κ3) is 8.60. The van der Waals surface area contributed by atoms with Crippen LogP contribution >= 0.6 is 11.3 Å². The molecule has 0 unspecified atom stereocenters. The molecule has 226 valence electrons. The van der Waals surface area contributed by atoms with E-state index in [1.54, 1.807) is 18.2 Å². The van der Waals surface area contributed by atoms with E-state index in [0.29, 0.717) is 39.5 Å². The number of carbonyl (C=O) groups excluding carboxylic acids is 3. The topological polar surface area (TPSA) is 177 Å². The summed E-state index contributed by atoms with van der Waals surface area (Å²) < 4.78 is 5.72. The number of benzene rings is 1. The molecule has 3 amide bonds. The maximum atomic E-state index is 12.9. The molecule has 6 radical (unpaired) electrons. The highest BCUT2D eigenvalue weighted by atomic mass is 32.1. The van der Waals surface area contributed by atoms with Gasteiger partial charge in [0.15, 0.2) is 5.75 Å². The number of anilines is 1. The third-order valence-electron chi connectivity index (χ3n) is 7.23. The first kappa shape index (κ1) is 33.0. The van der Waals surface area contributed by atoms with E-state index in [4.69, 9.17) is 39.7 Å². The van der Waals surface area contributed by atoms with Crippen molar-refractivity contribution in [3.8, 4) is 16.3 Å². The number of allylic oxidation sites excluding steroid dienone is 1. The molecule has 2 aliphatic rings. The lowest BCUT2D eigenvalue weighted by molar-refractivity contribution is -0.121. The molecule has 1 aromatic carbocycles. The molecule has 2 fully saturated rings. The van der Waals surface area contributed by atoms with Crippen molar-refractivity contribution in [2.24, 2.45) is 17.4 Å². The van der Waals surface area contributed by atoms with Crippen LogP contribution in [-0.2, 0) is 9.59 Å². The van der Waals surface area contributed by atoms with Crippen LogP contribution in [0.5, 0.6) is 5.75 Å². The van der Waals surface area contributed by atoms with Crippen LogP contribution in [0.15, 0.2) is 47.7 Å². The number of hydrogen-bond donors (Lipinski definition) is 6. The Morgan fingerprint density at radius 3 is 2.61 bits per heavy atom. The summed E-state index contributed by atoms with van der Waals surface area (Å²) in [6.07, 6.45) is 6.56. The maximum Gasteiger partial charge on any atom is 0.267 e. The van der Waals surface area contributed by atoms with Crippen LogP contribution < -0.4 is 37.5 Å². The van der Waals surface area contributed by atoms with Crippen molar-refractivity contribution in [2.75, 3.05) is 32.1 Å². The zero-order chi connectivity index (χ0) is 32.0. The van der Waals surface area contributed by atoms with Crippen LogP contribution in [0.25, 0.3) is 10.6 Å². The van der Waals surface area contributed by atoms with Gasteiger partial charge in [-0.2, -0.15) is 0 Å². The molecule has 0 spiro atoms. The highest BCUT2D eigenvalue weighted by molar-refractivity contribution is 7.17. The number of para-hydroxylation sites is 1. The van der Waals surface area contributed by atoms with Crippen molar-refractivity contribution < 1.29 is 19.1 Å². The Bertz CT molecular complexity index is 1450. The van der Waals surface area contributed by atoms with Crippen LogP contribution in [0.3, 0.4) is 0 Å². The predicted molar refractivity (Wildman–Crippen MR) is 173 cm³/mol. The standard InChI is InChI=1S/C28H35B3N8O4S/c1-3-39-11-5-6-16(39)13-34-25(41)20-14-35-27(44-20)17-7-4-8-18(23(17)43-2)36-19(22(33)26(42)38-28(29,30)31)12-21(32)37-24(40)15-9-10-15/h4,7-8,12,14-16,36H,3,5-6,9-11,13,32-33H2,1-2H3,(H,34,41)(H,37,40)(H,38,42)/b21-12+,22-19+/t16-/m1/s1.